The molecule has 0 unspecified atom stereocenters. The van der Waals surface area contributed by atoms with Gasteiger partial charge in [0.25, 0.3) is 5.91 Å². The molecular weight excluding hydrogens is 298 g/mol. The zero-order valence-electron chi connectivity index (χ0n) is 15.0. The standard InChI is InChI=1S/C20H27N3O/c1-14(2)11-12-21-20(24)17-7-10-19(22-13-17)23-18-8-5-16(6-9-18)15(3)4/h5-10,13-15H,11-12H2,1-4H3,(H,21,24)(H,22,23). The summed E-state index contributed by atoms with van der Waals surface area (Å²) in [4.78, 5) is 16.3. The maximum Gasteiger partial charge on any atom is 0.252 e. The van der Waals surface area contributed by atoms with Crippen LogP contribution in [0.5, 0.6) is 0 Å². The Labute approximate surface area is 144 Å². The Morgan fingerprint density at radius 1 is 1.04 bits per heavy atom. The normalized spacial score (nSPS) is 10.9. The summed E-state index contributed by atoms with van der Waals surface area (Å²) in [6.45, 7) is 9.33. The molecule has 2 rings (SSSR count). The van der Waals surface area contributed by atoms with Gasteiger partial charge in [-0.2, -0.15) is 0 Å². The van der Waals surface area contributed by atoms with E-state index in [9.17, 15) is 4.79 Å². The van der Waals surface area contributed by atoms with Gasteiger partial charge in [0.15, 0.2) is 0 Å². The van der Waals surface area contributed by atoms with Gasteiger partial charge >= 0.3 is 0 Å². The Morgan fingerprint density at radius 3 is 2.29 bits per heavy atom. The van der Waals surface area contributed by atoms with Crippen LogP contribution in [-0.4, -0.2) is 17.4 Å². The predicted molar refractivity (Wildman–Crippen MR) is 99.8 cm³/mol. The summed E-state index contributed by atoms with van der Waals surface area (Å²) in [5.74, 6) is 1.75. The maximum absolute atomic E-state index is 12.0. The number of carbonyl (C=O) groups is 1. The van der Waals surface area contributed by atoms with Crippen LogP contribution in [0.15, 0.2) is 42.6 Å². The molecule has 2 N–H and O–H groups in total. The van der Waals surface area contributed by atoms with Crippen LogP contribution in [0.2, 0.25) is 0 Å². The molecule has 0 spiro atoms. The van der Waals surface area contributed by atoms with E-state index < -0.39 is 0 Å². The van der Waals surface area contributed by atoms with Crippen molar-refractivity contribution in [3.05, 3.63) is 53.7 Å². The predicted octanol–water partition coefficient (Wildman–Crippen LogP) is 4.72. The molecule has 0 saturated carbocycles. The summed E-state index contributed by atoms with van der Waals surface area (Å²) in [6.07, 6.45) is 2.58. The Morgan fingerprint density at radius 2 is 1.75 bits per heavy atom. The molecule has 0 aliphatic heterocycles. The smallest absolute Gasteiger partial charge is 0.252 e. The summed E-state index contributed by atoms with van der Waals surface area (Å²) >= 11 is 0. The third-order valence-electron chi connectivity index (χ3n) is 3.88. The van der Waals surface area contributed by atoms with E-state index in [-0.39, 0.29) is 5.91 Å². The highest BCUT2D eigenvalue weighted by Gasteiger charge is 2.06. The van der Waals surface area contributed by atoms with Gasteiger partial charge in [-0.3, -0.25) is 4.79 Å². The van der Waals surface area contributed by atoms with Gasteiger partial charge in [0.2, 0.25) is 0 Å². The number of benzene rings is 1. The van der Waals surface area contributed by atoms with Crippen LogP contribution in [0.25, 0.3) is 0 Å². The minimum atomic E-state index is -0.0732. The number of anilines is 2. The van der Waals surface area contributed by atoms with Crippen molar-refractivity contribution < 1.29 is 4.79 Å². The Bertz CT molecular complexity index is 646. The summed E-state index contributed by atoms with van der Waals surface area (Å²) < 4.78 is 0. The third-order valence-corrected chi connectivity index (χ3v) is 3.88. The molecule has 1 amide bonds. The van der Waals surface area contributed by atoms with E-state index in [2.05, 4.69) is 55.4 Å². The fraction of sp³-hybridized carbons (Fsp3) is 0.400. The van der Waals surface area contributed by atoms with Gasteiger partial charge in [0.05, 0.1) is 5.56 Å². The van der Waals surface area contributed by atoms with E-state index in [0.717, 1.165) is 17.9 Å². The number of carbonyl (C=O) groups excluding carboxylic acids is 1. The van der Waals surface area contributed by atoms with E-state index in [4.69, 9.17) is 0 Å². The molecule has 24 heavy (non-hydrogen) atoms. The average Bonchev–Trinajstić information content (AvgIpc) is 2.55. The highest BCUT2D eigenvalue weighted by Crippen LogP contribution is 2.19. The van der Waals surface area contributed by atoms with Crippen molar-refractivity contribution in [3.63, 3.8) is 0 Å². The first kappa shape index (κ1) is 18.0. The molecule has 0 saturated heterocycles. The minimum Gasteiger partial charge on any atom is -0.352 e. The van der Waals surface area contributed by atoms with Gasteiger partial charge in [0, 0.05) is 18.4 Å². The van der Waals surface area contributed by atoms with Crippen LogP contribution < -0.4 is 10.6 Å². The molecule has 0 radical (unpaired) electrons. The number of hydrogen-bond donors (Lipinski definition) is 2. The molecule has 0 aliphatic rings. The van der Waals surface area contributed by atoms with Gasteiger partial charge in [-0.15, -0.1) is 0 Å². The summed E-state index contributed by atoms with van der Waals surface area (Å²) in [6, 6.07) is 11.9. The van der Waals surface area contributed by atoms with Crippen molar-refractivity contribution in [2.75, 3.05) is 11.9 Å². The highest BCUT2D eigenvalue weighted by molar-refractivity contribution is 5.94. The Balaban J connectivity index is 1.92. The van der Waals surface area contributed by atoms with Crippen molar-refractivity contribution in [1.82, 2.24) is 10.3 Å². The molecule has 1 aromatic carbocycles. The van der Waals surface area contributed by atoms with Gasteiger partial charge in [0.1, 0.15) is 5.82 Å². The van der Waals surface area contributed by atoms with Gasteiger partial charge in [-0.1, -0.05) is 39.8 Å². The van der Waals surface area contributed by atoms with Crippen LogP contribution in [0, 0.1) is 5.92 Å². The molecule has 4 heteroatoms. The van der Waals surface area contributed by atoms with Crippen LogP contribution in [0.3, 0.4) is 0 Å². The zero-order chi connectivity index (χ0) is 17.5. The van der Waals surface area contributed by atoms with Crippen LogP contribution in [-0.2, 0) is 0 Å². The fourth-order valence-electron chi connectivity index (χ4n) is 2.28. The van der Waals surface area contributed by atoms with E-state index >= 15 is 0 Å². The quantitative estimate of drug-likeness (QED) is 0.774. The molecule has 2 aromatic rings. The Hall–Kier alpha value is -2.36. The van der Waals surface area contributed by atoms with Gasteiger partial charge < -0.3 is 10.6 Å². The number of aromatic nitrogens is 1. The molecular formula is C20H27N3O. The second-order valence-electron chi connectivity index (χ2n) is 6.77. The van der Waals surface area contributed by atoms with Crippen molar-refractivity contribution in [1.29, 1.82) is 0 Å². The summed E-state index contributed by atoms with van der Waals surface area (Å²) in [5.41, 5.74) is 2.88. The molecule has 0 atom stereocenters. The van der Waals surface area contributed by atoms with E-state index in [1.54, 1.807) is 12.3 Å². The van der Waals surface area contributed by atoms with Crippen molar-refractivity contribution in [3.8, 4) is 0 Å². The van der Waals surface area contributed by atoms with E-state index in [0.29, 0.717) is 23.9 Å². The minimum absolute atomic E-state index is 0.0732. The largest absolute Gasteiger partial charge is 0.352 e. The topological polar surface area (TPSA) is 54.0 Å². The average molecular weight is 325 g/mol. The lowest BCUT2D eigenvalue weighted by Gasteiger charge is -2.10. The molecule has 0 bridgehead atoms. The fourth-order valence-corrected chi connectivity index (χ4v) is 2.28. The molecule has 0 aliphatic carbocycles. The summed E-state index contributed by atoms with van der Waals surface area (Å²) in [5, 5.41) is 6.17. The van der Waals surface area contributed by atoms with E-state index in [1.165, 1.54) is 5.56 Å². The monoisotopic (exact) mass is 325 g/mol. The van der Waals surface area contributed by atoms with Crippen LogP contribution in [0.1, 0.15) is 56.0 Å². The molecule has 0 fully saturated rings. The lowest BCUT2D eigenvalue weighted by molar-refractivity contribution is 0.0951. The second-order valence-corrected chi connectivity index (χ2v) is 6.77. The van der Waals surface area contributed by atoms with Crippen molar-refractivity contribution >= 4 is 17.4 Å². The first-order valence-electron chi connectivity index (χ1n) is 8.57. The highest BCUT2D eigenvalue weighted by atomic mass is 16.1. The molecule has 128 valence electrons. The molecule has 1 heterocycles. The van der Waals surface area contributed by atoms with Gasteiger partial charge in [-0.25, -0.2) is 4.98 Å². The lowest BCUT2D eigenvalue weighted by atomic mass is 10.0. The van der Waals surface area contributed by atoms with Crippen LogP contribution >= 0.6 is 0 Å². The van der Waals surface area contributed by atoms with E-state index in [1.807, 2.05) is 18.2 Å². The number of rotatable bonds is 7. The number of pyridine rings is 1. The number of nitrogens with one attached hydrogen (secondary N) is 2. The maximum atomic E-state index is 12.0. The number of amides is 1. The summed E-state index contributed by atoms with van der Waals surface area (Å²) in [7, 11) is 0. The first-order chi connectivity index (χ1) is 11.5. The number of nitrogens with zero attached hydrogens (tertiary/aromatic N) is 1. The van der Waals surface area contributed by atoms with Crippen LogP contribution in [0.4, 0.5) is 11.5 Å². The SMILES string of the molecule is CC(C)CCNC(=O)c1ccc(Nc2ccc(C(C)C)cc2)nc1. The lowest BCUT2D eigenvalue weighted by Crippen LogP contribution is -2.25. The van der Waals surface area contributed by atoms with Gasteiger partial charge in [-0.05, 0) is 48.1 Å². The second kappa shape index (κ2) is 8.48. The van der Waals surface area contributed by atoms with Crippen molar-refractivity contribution in [2.45, 2.75) is 40.0 Å². The molecule has 1 aromatic heterocycles. The van der Waals surface area contributed by atoms with Crippen molar-refractivity contribution in [2.24, 2.45) is 5.92 Å². The first-order valence-corrected chi connectivity index (χ1v) is 8.57. The molecule has 4 nitrogen and oxygen atoms in total. The Kier molecular flexibility index (Phi) is 6.36. The third kappa shape index (κ3) is 5.37. The zero-order valence-corrected chi connectivity index (χ0v) is 15.0. The number of hydrogen-bond acceptors (Lipinski definition) is 3.